The molecule has 23 heavy (non-hydrogen) atoms. The molecule has 2 aliphatic heterocycles. The van der Waals surface area contributed by atoms with Crippen molar-refractivity contribution >= 4 is 21.9 Å². The number of aliphatic carboxylic acids is 1. The number of rotatable bonds is 5. The van der Waals surface area contributed by atoms with Crippen molar-refractivity contribution in [3.8, 4) is 0 Å². The van der Waals surface area contributed by atoms with Crippen LogP contribution < -0.4 is 0 Å². The van der Waals surface area contributed by atoms with Gasteiger partial charge in [-0.1, -0.05) is 0 Å². The van der Waals surface area contributed by atoms with Crippen LogP contribution in [-0.2, 0) is 24.3 Å². The van der Waals surface area contributed by atoms with Crippen LogP contribution in [0.2, 0.25) is 0 Å². The molecule has 2 fully saturated rings. The van der Waals surface area contributed by atoms with Gasteiger partial charge < -0.3 is 14.7 Å². The second-order valence-corrected chi connectivity index (χ2v) is 8.15. The van der Waals surface area contributed by atoms with Crippen molar-refractivity contribution in [1.82, 2.24) is 9.21 Å². The number of amides is 1. The number of ether oxygens (including phenoxy) is 1. The molecule has 0 saturated carbocycles. The predicted octanol–water partition coefficient (Wildman–Crippen LogP) is -0.250. The Morgan fingerprint density at radius 3 is 2.48 bits per heavy atom. The molecule has 0 aromatic carbocycles. The molecule has 0 bridgehead atoms. The van der Waals surface area contributed by atoms with Crippen LogP contribution >= 0.6 is 0 Å². The van der Waals surface area contributed by atoms with Crippen LogP contribution in [0.15, 0.2) is 0 Å². The second-order valence-electron chi connectivity index (χ2n) is 6.16. The Kier molecular flexibility index (Phi) is 5.99. The highest BCUT2D eigenvalue weighted by Gasteiger charge is 2.36. The van der Waals surface area contributed by atoms with Crippen LogP contribution in [-0.4, -0.2) is 79.8 Å². The summed E-state index contributed by atoms with van der Waals surface area (Å²) in [6, 6.07) is -0.152. The van der Waals surface area contributed by atoms with E-state index in [4.69, 9.17) is 9.84 Å². The molecule has 0 aromatic heterocycles. The zero-order valence-corrected chi connectivity index (χ0v) is 14.1. The van der Waals surface area contributed by atoms with Gasteiger partial charge in [0.25, 0.3) is 0 Å². The van der Waals surface area contributed by atoms with Gasteiger partial charge in [0.15, 0.2) is 0 Å². The van der Waals surface area contributed by atoms with Gasteiger partial charge in [-0.3, -0.25) is 9.59 Å². The van der Waals surface area contributed by atoms with Gasteiger partial charge in [-0.05, 0) is 25.7 Å². The summed E-state index contributed by atoms with van der Waals surface area (Å²) in [5.74, 6) is -1.78. The van der Waals surface area contributed by atoms with Gasteiger partial charge in [0, 0.05) is 32.3 Å². The number of carboxylic acid groups (broad SMARTS) is 1. The van der Waals surface area contributed by atoms with Crippen LogP contribution in [0.1, 0.15) is 25.7 Å². The molecule has 1 atom stereocenters. The number of carbonyl (C=O) groups excluding carboxylic acids is 1. The molecular formula is C14H24N2O6S. The van der Waals surface area contributed by atoms with Crippen molar-refractivity contribution < 1.29 is 27.9 Å². The fourth-order valence-corrected chi connectivity index (χ4v) is 4.12. The summed E-state index contributed by atoms with van der Waals surface area (Å²) in [7, 11) is -3.34. The van der Waals surface area contributed by atoms with Crippen LogP contribution in [0, 0.1) is 5.92 Å². The molecule has 0 aliphatic carbocycles. The van der Waals surface area contributed by atoms with E-state index in [9.17, 15) is 18.0 Å². The fourth-order valence-electron chi connectivity index (χ4n) is 3.21. The summed E-state index contributed by atoms with van der Waals surface area (Å²) in [5.41, 5.74) is 0. The average Bonchev–Trinajstić information content (AvgIpc) is 2.52. The number of carboxylic acids is 1. The lowest BCUT2D eigenvalue weighted by molar-refractivity contribution is -0.150. The lowest BCUT2D eigenvalue weighted by atomic mass is 9.96. The van der Waals surface area contributed by atoms with E-state index in [0.717, 1.165) is 6.26 Å². The first-order valence-electron chi connectivity index (χ1n) is 7.84. The summed E-state index contributed by atoms with van der Waals surface area (Å²) < 4.78 is 30.0. The maximum atomic E-state index is 12.8. The first-order chi connectivity index (χ1) is 10.8. The molecule has 0 unspecified atom stereocenters. The van der Waals surface area contributed by atoms with Crippen LogP contribution in [0.5, 0.6) is 0 Å². The third-order valence-corrected chi connectivity index (χ3v) is 5.69. The molecule has 0 radical (unpaired) electrons. The molecule has 2 aliphatic rings. The minimum absolute atomic E-state index is 0.136. The van der Waals surface area contributed by atoms with E-state index in [-0.39, 0.29) is 25.0 Å². The third kappa shape index (κ3) is 4.89. The maximum absolute atomic E-state index is 12.8. The van der Waals surface area contributed by atoms with Gasteiger partial charge >= 0.3 is 5.97 Å². The highest BCUT2D eigenvalue weighted by molar-refractivity contribution is 7.88. The lowest BCUT2D eigenvalue weighted by Gasteiger charge is -2.38. The molecule has 2 heterocycles. The topological polar surface area (TPSA) is 104 Å². The van der Waals surface area contributed by atoms with Gasteiger partial charge in [0.05, 0.1) is 12.2 Å². The maximum Gasteiger partial charge on any atom is 0.323 e. The summed E-state index contributed by atoms with van der Waals surface area (Å²) in [6.45, 7) is 1.22. The molecule has 132 valence electrons. The quantitative estimate of drug-likeness (QED) is 0.735. The number of nitrogens with zero attached hydrogens (tertiary/aromatic N) is 2. The van der Waals surface area contributed by atoms with Gasteiger partial charge in [-0.25, -0.2) is 12.7 Å². The van der Waals surface area contributed by atoms with Crippen LogP contribution in [0.3, 0.4) is 0 Å². The average molecular weight is 348 g/mol. The summed E-state index contributed by atoms with van der Waals surface area (Å²) in [4.78, 5) is 25.3. The smallest absolute Gasteiger partial charge is 0.323 e. The molecule has 1 N–H and O–H groups in total. The van der Waals surface area contributed by atoms with Gasteiger partial charge in [0.2, 0.25) is 15.9 Å². The van der Waals surface area contributed by atoms with E-state index < -0.39 is 21.9 Å². The lowest BCUT2D eigenvalue weighted by Crippen LogP contribution is -2.52. The standard InChI is InChI=1S/C14H24N2O6S/c1-23(20,21)15-6-2-3-11(9-15)14(19)16(10-13(17)18)12-4-7-22-8-5-12/h11-12H,2-10H2,1H3,(H,17,18)/t11-/m0/s1. The third-order valence-electron chi connectivity index (χ3n) is 4.42. The Balaban J connectivity index is 2.10. The van der Waals surface area contributed by atoms with E-state index in [1.54, 1.807) is 0 Å². The first kappa shape index (κ1) is 18.2. The molecule has 8 nitrogen and oxygen atoms in total. The summed E-state index contributed by atoms with van der Waals surface area (Å²) in [6.07, 6.45) is 3.55. The number of hydrogen-bond acceptors (Lipinski definition) is 5. The van der Waals surface area contributed by atoms with Gasteiger partial charge in [0.1, 0.15) is 6.54 Å². The van der Waals surface area contributed by atoms with Crippen molar-refractivity contribution in [1.29, 1.82) is 0 Å². The minimum atomic E-state index is -3.34. The van der Waals surface area contributed by atoms with E-state index in [0.29, 0.717) is 45.4 Å². The summed E-state index contributed by atoms with van der Waals surface area (Å²) in [5, 5.41) is 9.11. The van der Waals surface area contributed by atoms with Crippen molar-refractivity contribution in [3.63, 3.8) is 0 Å². The number of hydrogen-bond donors (Lipinski definition) is 1. The Morgan fingerprint density at radius 2 is 1.91 bits per heavy atom. The Morgan fingerprint density at radius 1 is 1.26 bits per heavy atom. The Labute approximate surface area is 136 Å². The van der Waals surface area contributed by atoms with Gasteiger partial charge in [-0.15, -0.1) is 0 Å². The summed E-state index contributed by atoms with van der Waals surface area (Å²) >= 11 is 0. The van der Waals surface area contributed by atoms with E-state index in [1.165, 1.54) is 9.21 Å². The monoisotopic (exact) mass is 348 g/mol. The number of piperidine rings is 1. The zero-order chi connectivity index (χ0) is 17.0. The molecule has 1 amide bonds. The highest BCUT2D eigenvalue weighted by Crippen LogP contribution is 2.24. The number of carbonyl (C=O) groups is 2. The van der Waals surface area contributed by atoms with Crippen LogP contribution in [0.4, 0.5) is 0 Å². The molecule has 0 aromatic rings. The predicted molar refractivity (Wildman–Crippen MR) is 82.3 cm³/mol. The van der Waals surface area contributed by atoms with E-state index >= 15 is 0 Å². The fraction of sp³-hybridized carbons (Fsp3) is 0.857. The Hall–Kier alpha value is -1.19. The van der Waals surface area contributed by atoms with Crippen molar-refractivity contribution in [2.75, 3.05) is 39.1 Å². The van der Waals surface area contributed by atoms with E-state index in [2.05, 4.69) is 0 Å². The van der Waals surface area contributed by atoms with Gasteiger partial charge in [-0.2, -0.15) is 0 Å². The zero-order valence-electron chi connectivity index (χ0n) is 13.3. The normalized spacial score (nSPS) is 24.3. The van der Waals surface area contributed by atoms with E-state index in [1.807, 2.05) is 0 Å². The van der Waals surface area contributed by atoms with Crippen molar-refractivity contribution in [2.24, 2.45) is 5.92 Å². The first-order valence-corrected chi connectivity index (χ1v) is 9.69. The molecule has 9 heteroatoms. The highest BCUT2D eigenvalue weighted by atomic mass is 32.2. The SMILES string of the molecule is CS(=O)(=O)N1CCC[C@H](C(=O)N(CC(=O)O)C2CCOCC2)C1. The molecule has 2 saturated heterocycles. The Bertz CT molecular complexity index is 543. The molecular weight excluding hydrogens is 324 g/mol. The minimum Gasteiger partial charge on any atom is -0.480 e. The molecule has 0 spiro atoms. The van der Waals surface area contributed by atoms with Crippen molar-refractivity contribution in [2.45, 2.75) is 31.7 Å². The molecule has 2 rings (SSSR count). The second kappa shape index (κ2) is 7.59. The van der Waals surface area contributed by atoms with Crippen LogP contribution in [0.25, 0.3) is 0 Å². The largest absolute Gasteiger partial charge is 0.480 e. The number of sulfonamides is 1. The van der Waals surface area contributed by atoms with Crippen molar-refractivity contribution in [3.05, 3.63) is 0 Å².